The number of hydrogen-bond donors (Lipinski definition) is 0. The maximum atomic E-state index is 10.8. The third-order valence-corrected chi connectivity index (χ3v) is 2.35. The Labute approximate surface area is 86.6 Å². The summed E-state index contributed by atoms with van der Waals surface area (Å²) in [5.74, 6) is 0. The molecule has 0 unspecified atom stereocenters. The highest BCUT2D eigenvalue weighted by atomic mass is 79.9. The van der Waals surface area contributed by atoms with Gasteiger partial charge in [-0.2, -0.15) is 0 Å². The van der Waals surface area contributed by atoms with Crippen molar-refractivity contribution in [2.75, 3.05) is 0 Å². The van der Waals surface area contributed by atoms with E-state index in [1.54, 1.807) is 0 Å². The van der Waals surface area contributed by atoms with Crippen LogP contribution in [0.25, 0.3) is 5.57 Å². The van der Waals surface area contributed by atoms with Gasteiger partial charge < -0.3 is 0 Å². The molecule has 0 amide bonds. The Morgan fingerprint density at radius 3 is 2.46 bits per heavy atom. The number of aldehydes is 1. The number of hydrogen-bond acceptors (Lipinski definition) is 1. The van der Waals surface area contributed by atoms with Gasteiger partial charge in [0.15, 0.2) is 6.29 Å². The summed E-state index contributed by atoms with van der Waals surface area (Å²) < 4.78 is 0.872. The van der Waals surface area contributed by atoms with Crippen LogP contribution in [0.4, 0.5) is 0 Å². The number of allylic oxidation sites excluding steroid dienone is 2. The average Bonchev–Trinajstić information content (AvgIpc) is 2.09. The zero-order valence-corrected chi connectivity index (χ0v) is 9.26. The van der Waals surface area contributed by atoms with Crippen molar-refractivity contribution in [1.82, 2.24) is 0 Å². The summed E-state index contributed by atoms with van der Waals surface area (Å²) in [5.41, 5.74) is 2.83. The smallest absolute Gasteiger partial charge is 0.151 e. The minimum Gasteiger partial charge on any atom is -0.298 e. The monoisotopic (exact) mass is 238 g/mol. The van der Waals surface area contributed by atoms with Crippen LogP contribution in [-0.2, 0) is 4.79 Å². The number of halogens is 1. The number of carbonyl (C=O) groups is 1. The molecule has 0 spiro atoms. The summed E-state index contributed by atoms with van der Waals surface area (Å²) in [4.78, 5) is 10.8. The topological polar surface area (TPSA) is 17.1 Å². The lowest BCUT2D eigenvalue weighted by atomic mass is 10.0. The molecule has 1 nitrogen and oxygen atoms in total. The molecule has 0 bridgehead atoms. The lowest BCUT2D eigenvalue weighted by molar-refractivity contribution is -0.103. The molecule has 2 heteroatoms. The van der Waals surface area contributed by atoms with E-state index >= 15 is 0 Å². The molecule has 0 aliphatic carbocycles. The molecule has 0 aliphatic rings. The molecule has 0 heterocycles. The van der Waals surface area contributed by atoms with Crippen LogP contribution < -0.4 is 0 Å². The molecule has 1 rings (SSSR count). The number of carbonyl (C=O) groups excluding carboxylic acids is 1. The normalized spacial score (nSPS) is 12.2. The molecule has 68 valence electrons. The standard InChI is InChI=1S/C11H11BrO/c1-8-5-3-4-6-10(8)11(7-13)9(2)12/h3-7H,1-2H3. The Balaban J connectivity index is 3.29. The molecule has 0 radical (unpaired) electrons. The van der Waals surface area contributed by atoms with Crippen LogP contribution in [0.2, 0.25) is 0 Å². The highest BCUT2D eigenvalue weighted by Gasteiger charge is 2.04. The predicted molar refractivity (Wildman–Crippen MR) is 58.8 cm³/mol. The summed E-state index contributed by atoms with van der Waals surface area (Å²) in [6.07, 6.45) is 0.881. The number of rotatable bonds is 2. The van der Waals surface area contributed by atoms with E-state index in [0.29, 0.717) is 0 Å². The molecule has 13 heavy (non-hydrogen) atoms. The van der Waals surface area contributed by atoms with Crippen LogP contribution in [0.5, 0.6) is 0 Å². The lowest BCUT2D eigenvalue weighted by Gasteiger charge is -2.05. The van der Waals surface area contributed by atoms with Crippen molar-refractivity contribution in [3.05, 3.63) is 39.9 Å². The summed E-state index contributed by atoms with van der Waals surface area (Å²) in [7, 11) is 0. The van der Waals surface area contributed by atoms with Crippen LogP contribution in [0.15, 0.2) is 28.7 Å². The predicted octanol–water partition coefficient (Wildman–Crippen LogP) is 3.32. The maximum Gasteiger partial charge on any atom is 0.151 e. The average molecular weight is 239 g/mol. The number of benzene rings is 1. The van der Waals surface area contributed by atoms with Gasteiger partial charge in [0.1, 0.15) is 0 Å². The van der Waals surface area contributed by atoms with E-state index in [9.17, 15) is 4.79 Å². The van der Waals surface area contributed by atoms with Crippen molar-refractivity contribution < 1.29 is 4.79 Å². The van der Waals surface area contributed by atoms with Gasteiger partial charge in [-0.1, -0.05) is 40.2 Å². The largest absolute Gasteiger partial charge is 0.298 e. The van der Waals surface area contributed by atoms with Gasteiger partial charge in [-0.25, -0.2) is 0 Å². The first-order chi connectivity index (χ1) is 6.16. The molecule has 0 aromatic heterocycles. The second-order valence-electron chi connectivity index (χ2n) is 2.88. The molecule has 0 aliphatic heterocycles. The van der Waals surface area contributed by atoms with Crippen molar-refractivity contribution in [3.63, 3.8) is 0 Å². The van der Waals surface area contributed by atoms with Crippen molar-refractivity contribution in [2.45, 2.75) is 13.8 Å². The van der Waals surface area contributed by atoms with E-state index < -0.39 is 0 Å². The van der Waals surface area contributed by atoms with Crippen LogP contribution >= 0.6 is 15.9 Å². The van der Waals surface area contributed by atoms with E-state index in [1.165, 1.54) is 0 Å². The molecule has 1 aromatic carbocycles. The lowest BCUT2D eigenvalue weighted by Crippen LogP contribution is -1.90. The van der Waals surface area contributed by atoms with E-state index in [4.69, 9.17) is 0 Å². The Morgan fingerprint density at radius 2 is 2.00 bits per heavy atom. The fourth-order valence-corrected chi connectivity index (χ4v) is 1.51. The van der Waals surface area contributed by atoms with Gasteiger partial charge >= 0.3 is 0 Å². The van der Waals surface area contributed by atoms with Gasteiger partial charge in [0.25, 0.3) is 0 Å². The third kappa shape index (κ3) is 2.28. The van der Waals surface area contributed by atoms with Gasteiger partial charge in [0.2, 0.25) is 0 Å². The van der Waals surface area contributed by atoms with Gasteiger partial charge in [-0.05, 0) is 25.0 Å². The Bertz CT molecular complexity index is 349. The molecular formula is C11H11BrO. The van der Waals surface area contributed by atoms with E-state index in [0.717, 1.165) is 27.5 Å². The van der Waals surface area contributed by atoms with Gasteiger partial charge in [0.05, 0.1) is 0 Å². The molecule has 0 fully saturated rings. The van der Waals surface area contributed by atoms with Crippen LogP contribution in [0, 0.1) is 6.92 Å². The summed E-state index contributed by atoms with van der Waals surface area (Å²) in [6, 6.07) is 7.84. The van der Waals surface area contributed by atoms with Gasteiger partial charge in [-0.15, -0.1) is 0 Å². The van der Waals surface area contributed by atoms with Crippen molar-refractivity contribution >= 4 is 27.8 Å². The SMILES string of the molecule is CC(Br)=C(C=O)c1ccccc1C. The first kappa shape index (κ1) is 10.2. The fraction of sp³-hybridized carbons (Fsp3) is 0.182. The summed E-state index contributed by atoms with van der Waals surface area (Å²) in [5, 5.41) is 0. The van der Waals surface area contributed by atoms with E-state index in [-0.39, 0.29) is 0 Å². The Hall–Kier alpha value is -0.890. The quantitative estimate of drug-likeness (QED) is 0.571. The number of aryl methyl sites for hydroxylation is 1. The highest BCUT2D eigenvalue weighted by molar-refractivity contribution is 9.11. The zero-order chi connectivity index (χ0) is 9.84. The Kier molecular flexibility index (Phi) is 3.43. The van der Waals surface area contributed by atoms with Crippen LogP contribution in [0.1, 0.15) is 18.1 Å². The van der Waals surface area contributed by atoms with E-state index in [2.05, 4.69) is 15.9 Å². The van der Waals surface area contributed by atoms with Crippen molar-refractivity contribution in [3.8, 4) is 0 Å². The second-order valence-corrected chi connectivity index (χ2v) is 4.07. The molecular weight excluding hydrogens is 228 g/mol. The second kappa shape index (κ2) is 4.38. The van der Waals surface area contributed by atoms with Crippen molar-refractivity contribution in [2.24, 2.45) is 0 Å². The van der Waals surface area contributed by atoms with Crippen LogP contribution in [0.3, 0.4) is 0 Å². The van der Waals surface area contributed by atoms with Gasteiger partial charge in [0, 0.05) is 10.1 Å². The minimum absolute atomic E-state index is 0.720. The molecule has 1 aromatic rings. The molecule has 0 saturated heterocycles. The van der Waals surface area contributed by atoms with Gasteiger partial charge in [-0.3, -0.25) is 4.79 Å². The third-order valence-electron chi connectivity index (χ3n) is 1.92. The first-order valence-electron chi connectivity index (χ1n) is 4.04. The summed E-state index contributed by atoms with van der Waals surface area (Å²) >= 11 is 3.32. The Morgan fingerprint density at radius 1 is 1.38 bits per heavy atom. The molecule has 0 N–H and O–H groups in total. The molecule has 0 atom stereocenters. The maximum absolute atomic E-state index is 10.8. The van der Waals surface area contributed by atoms with E-state index in [1.807, 2.05) is 38.1 Å². The van der Waals surface area contributed by atoms with Crippen molar-refractivity contribution in [1.29, 1.82) is 0 Å². The minimum atomic E-state index is 0.720. The van der Waals surface area contributed by atoms with Crippen LogP contribution in [-0.4, -0.2) is 6.29 Å². The fourth-order valence-electron chi connectivity index (χ4n) is 1.21. The highest BCUT2D eigenvalue weighted by Crippen LogP contribution is 2.22. The molecule has 0 saturated carbocycles. The summed E-state index contributed by atoms with van der Waals surface area (Å²) in [6.45, 7) is 3.87. The first-order valence-corrected chi connectivity index (χ1v) is 4.83. The zero-order valence-electron chi connectivity index (χ0n) is 7.67.